The summed E-state index contributed by atoms with van der Waals surface area (Å²) in [6, 6.07) is 22.9. The van der Waals surface area contributed by atoms with Crippen LogP contribution in [0.4, 0.5) is 0 Å². The maximum Gasteiger partial charge on any atom is 0.308 e. The van der Waals surface area contributed by atoms with Gasteiger partial charge in [0.25, 0.3) is 5.91 Å². The van der Waals surface area contributed by atoms with Crippen molar-refractivity contribution < 1.29 is 19.1 Å². The van der Waals surface area contributed by atoms with Crippen LogP contribution in [0.1, 0.15) is 58.0 Å². The zero-order chi connectivity index (χ0) is 24.1. The van der Waals surface area contributed by atoms with Crippen LogP contribution in [0.2, 0.25) is 0 Å². The lowest BCUT2D eigenvalue weighted by Gasteiger charge is -2.29. The minimum atomic E-state index is -0.837. The van der Waals surface area contributed by atoms with Crippen molar-refractivity contribution in [2.24, 2.45) is 0 Å². The Hall–Kier alpha value is -3.93. The summed E-state index contributed by atoms with van der Waals surface area (Å²) in [6.07, 6.45) is -0.00166. The quantitative estimate of drug-likeness (QED) is 0.507. The van der Waals surface area contributed by atoms with Gasteiger partial charge in [-0.1, -0.05) is 78.4 Å². The maximum atomic E-state index is 13.8. The molecule has 4 rings (SSSR count). The van der Waals surface area contributed by atoms with E-state index in [1.807, 2.05) is 79.7 Å². The summed E-state index contributed by atoms with van der Waals surface area (Å²) in [4.78, 5) is 40.9. The van der Waals surface area contributed by atoms with E-state index >= 15 is 0 Å². The predicted octanol–water partition coefficient (Wildman–Crippen LogP) is 4.50. The number of benzene rings is 3. The number of hydrogen-bond donors (Lipinski definition) is 1. The second-order valence-electron chi connectivity index (χ2n) is 8.38. The standard InChI is InChI=1S/C28H28N2O4/c1-3-34-25(31)17-24(20-15-13-19(2)14-16-20)29-27(32)26(21-9-5-4-6-10-21)30-18-22-11-7-8-12-23(22)28(30)33/h4-16,24,26H,3,17-18H2,1-2H3,(H,29,32)/t24-,26-/m1/s1. The van der Waals surface area contributed by atoms with Gasteiger partial charge in [0.1, 0.15) is 6.04 Å². The third kappa shape index (κ3) is 5.01. The normalized spacial score (nSPS) is 14.3. The molecule has 1 heterocycles. The van der Waals surface area contributed by atoms with Gasteiger partial charge in [-0.15, -0.1) is 0 Å². The Morgan fingerprint density at radius 1 is 0.941 bits per heavy atom. The molecule has 0 unspecified atom stereocenters. The monoisotopic (exact) mass is 456 g/mol. The highest BCUT2D eigenvalue weighted by Gasteiger charge is 2.38. The van der Waals surface area contributed by atoms with E-state index in [1.165, 1.54) is 0 Å². The number of ether oxygens (including phenoxy) is 1. The molecular formula is C28H28N2O4. The van der Waals surface area contributed by atoms with Crippen molar-refractivity contribution in [1.29, 1.82) is 0 Å². The van der Waals surface area contributed by atoms with Crippen molar-refractivity contribution in [3.63, 3.8) is 0 Å². The van der Waals surface area contributed by atoms with Gasteiger partial charge >= 0.3 is 5.97 Å². The van der Waals surface area contributed by atoms with Gasteiger partial charge in [0.2, 0.25) is 5.91 Å². The van der Waals surface area contributed by atoms with Gasteiger partial charge in [-0.05, 0) is 36.6 Å². The molecular weight excluding hydrogens is 428 g/mol. The zero-order valence-corrected chi connectivity index (χ0v) is 19.4. The second kappa shape index (κ2) is 10.3. The number of fused-ring (bicyclic) bond motifs is 1. The van der Waals surface area contributed by atoms with Gasteiger partial charge in [-0.3, -0.25) is 14.4 Å². The van der Waals surface area contributed by atoms with Gasteiger partial charge in [0.05, 0.1) is 19.1 Å². The number of aryl methyl sites for hydroxylation is 1. The molecule has 0 radical (unpaired) electrons. The molecule has 34 heavy (non-hydrogen) atoms. The minimum absolute atomic E-state index is 0.00166. The summed E-state index contributed by atoms with van der Waals surface area (Å²) < 4.78 is 5.15. The minimum Gasteiger partial charge on any atom is -0.466 e. The summed E-state index contributed by atoms with van der Waals surface area (Å²) in [5, 5.41) is 3.03. The molecule has 0 aliphatic carbocycles. The molecule has 1 aliphatic rings. The Balaban J connectivity index is 1.65. The van der Waals surface area contributed by atoms with Crippen LogP contribution in [0.3, 0.4) is 0 Å². The summed E-state index contributed by atoms with van der Waals surface area (Å²) >= 11 is 0. The highest BCUT2D eigenvalue weighted by atomic mass is 16.5. The van der Waals surface area contributed by atoms with Crippen molar-refractivity contribution in [3.8, 4) is 0 Å². The van der Waals surface area contributed by atoms with Gasteiger partial charge in [0.15, 0.2) is 0 Å². The van der Waals surface area contributed by atoms with Crippen LogP contribution < -0.4 is 5.32 Å². The topological polar surface area (TPSA) is 75.7 Å². The Bertz CT molecular complexity index is 1170. The molecule has 0 saturated carbocycles. The third-order valence-electron chi connectivity index (χ3n) is 6.00. The molecule has 1 N–H and O–H groups in total. The molecule has 0 fully saturated rings. The van der Waals surface area contributed by atoms with Crippen LogP contribution in [0.25, 0.3) is 0 Å². The van der Waals surface area contributed by atoms with E-state index in [-0.39, 0.29) is 24.8 Å². The highest BCUT2D eigenvalue weighted by Crippen LogP contribution is 2.32. The van der Waals surface area contributed by atoms with E-state index in [0.717, 1.165) is 16.7 Å². The van der Waals surface area contributed by atoms with Crippen LogP contribution in [0, 0.1) is 6.92 Å². The molecule has 6 heteroatoms. The summed E-state index contributed by atoms with van der Waals surface area (Å²) in [5.74, 6) is -0.923. The molecule has 0 spiro atoms. The molecule has 0 saturated heterocycles. The summed E-state index contributed by atoms with van der Waals surface area (Å²) in [7, 11) is 0. The summed E-state index contributed by atoms with van der Waals surface area (Å²) in [6.45, 7) is 4.33. The summed E-state index contributed by atoms with van der Waals surface area (Å²) in [5.41, 5.74) is 4.09. The van der Waals surface area contributed by atoms with E-state index in [2.05, 4.69) is 5.32 Å². The molecule has 2 atom stereocenters. The van der Waals surface area contributed by atoms with E-state index in [4.69, 9.17) is 4.74 Å². The Labute approximate surface area is 199 Å². The van der Waals surface area contributed by atoms with Gasteiger partial charge < -0.3 is 15.0 Å². The largest absolute Gasteiger partial charge is 0.466 e. The van der Waals surface area contributed by atoms with E-state index < -0.39 is 18.1 Å². The number of rotatable bonds is 8. The molecule has 2 amide bonds. The van der Waals surface area contributed by atoms with E-state index in [0.29, 0.717) is 17.7 Å². The number of amides is 2. The molecule has 6 nitrogen and oxygen atoms in total. The number of esters is 1. The number of nitrogens with zero attached hydrogens (tertiary/aromatic N) is 1. The van der Waals surface area contributed by atoms with Crippen molar-refractivity contribution in [1.82, 2.24) is 10.2 Å². The lowest BCUT2D eigenvalue weighted by molar-refractivity contribution is -0.144. The molecule has 3 aromatic carbocycles. The van der Waals surface area contributed by atoms with Crippen molar-refractivity contribution in [3.05, 3.63) is 107 Å². The van der Waals surface area contributed by atoms with Gasteiger partial charge in [0, 0.05) is 12.1 Å². The van der Waals surface area contributed by atoms with Crippen LogP contribution in [0.15, 0.2) is 78.9 Å². The Kier molecular flexibility index (Phi) is 7.07. The molecule has 3 aromatic rings. The third-order valence-corrected chi connectivity index (χ3v) is 6.00. The maximum absolute atomic E-state index is 13.8. The Morgan fingerprint density at radius 2 is 1.62 bits per heavy atom. The lowest BCUT2D eigenvalue weighted by atomic mass is 10.00. The van der Waals surface area contributed by atoms with Gasteiger partial charge in [-0.25, -0.2) is 0 Å². The van der Waals surface area contributed by atoms with Crippen molar-refractivity contribution in [2.45, 2.75) is 38.9 Å². The van der Waals surface area contributed by atoms with Crippen molar-refractivity contribution >= 4 is 17.8 Å². The average molecular weight is 457 g/mol. The average Bonchev–Trinajstić information content (AvgIpc) is 3.16. The first-order chi connectivity index (χ1) is 16.5. The molecule has 0 bridgehead atoms. The van der Waals surface area contributed by atoms with E-state index in [1.54, 1.807) is 17.9 Å². The van der Waals surface area contributed by atoms with Gasteiger partial charge in [-0.2, -0.15) is 0 Å². The first-order valence-corrected chi connectivity index (χ1v) is 11.4. The fourth-order valence-corrected chi connectivity index (χ4v) is 4.28. The van der Waals surface area contributed by atoms with Crippen LogP contribution in [-0.2, 0) is 20.9 Å². The van der Waals surface area contributed by atoms with Crippen molar-refractivity contribution in [2.75, 3.05) is 6.61 Å². The van der Waals surface area contributed by atoms with Crippen LogP contribution in [-0.4, -0.2) is 29.3 Å². The second-order valence-corrected chi connectivity index (χ2v) is 8.38. The lowest BCUT2D eigenvalue weighted by Crippen LogP contribution is -2.42. The number of nitrogens with one attached hydrogen (secondary N) is 1. The first kappa shape index (κ1) is 23.2. The number of carbonyl (C=O) groups is 3. The SMILES string of the molecule is CCOC(=O)C[C@@H](NC(=O)[C@@H](c1ccccc1)N1Cc2ccccc2C1=O)c1ccc(C)cc1. The van der Waals surface area contributed by atoms with E-state index in [9.17, 15) is 14.4 Å². The highest BCUT2D eigenvalue weighted by molar-refractivity contribution is 6.01. The van der Waals surface area contributed by atoms with Crippen LogP contribution in [0.5, 0.6) is 0 Å². The predicted molar refractivity (Wildman–Crippen MR) is 129 cm³/mol. The molecule has 1 aliphatic heterocycles. The Morgan fingerprint density at radius 3 is 2.29 bits per heavy atom. The first-order valence-electron chi connectivity index (χ1n) is 11.4. The number of hydrogen-bond acceptors (Lipinski definition) is 4. The smallest absolute Gasteiger partial charge is 0.308 e. The zero-order valence-electron chi connectivity index (χ0n) is 19.4. The molecule has 0 aromatic heterocycles. The van der Waals surface area contributed by atoms with Crippen LogP contribution >= 0.6 is 0 Å². The fraction of sp³-hybridized carbons (Fsp3) is 0.250. The molecule has 174 valence electrons. The fourth-order valence-electron chi connectivity index (χ4n) is 4.28. The number of carbonyl (C=O) groups excluding carboxylic acids is 3.